The molecule has 0 spiro atoms. The van der Waals surface area contributed by atoms with Crippen LogP contribution >= 0.6 is 0 Å². The molecule has 0 aromatic carbocycles. The normalized spacial score (nSPS) is 24.8. The van der Waals surface area contributed by atoms with Crippen molar-refractivity contribution in [2.45, 2.75) is 38.6 Å². The average molecular weight is 151 g/mol. The molecule has 0 aliphatic heterocycles. The third-order valence-corrected chi connectivity index (χ3v) is 2.15. The van der Waals surface area contributed by atoms with Crippen LogP contribution in [0.15, 0.2) is 24.4 Å². The Kier molecular flexibility index (Phi) is 2.75. The van der Waals surface area contributed by atoms with Crippen molar-refractivity contribution in [1.29, 1.82) is 0 Å². The van der Waals surface area contributed by atoms with E-state index in [4.69, 9.17) is 0 Å². The van der Waals surface area contributed by atoms with Crippen molar-refractivity contribution in [1.82, 2.24) is 5.32 Å². The lowest BCUT2D eigenvalue weighted by Crippen LogP contribution is -2.30. The molecule has 0 saturated heterocycles. The molecule has 1 unspecified atom stereocenters. The highest BCUT2D eigenvalue weighted by Gasteiger charge is 2.15. The van der Waals surface area contributed by atoms with Crippen LogP contribution < -0.4 is 5.32 Å². The number of hydrogen-bond acceptors (Lipinski definition) is 1. The Morgan fingerprint density at radius 1 is 1.55 bits per heavy atom. The standard InChI is InChI=1S/C10H17N/c1-8(2)11-10-7-5-4-6-9(10)3/h10-11H,1,3-7H2,2H3. The van der Waals surface area contributed by atoms with E-state index in [1.54, 1.807) is 0 Å². The third kappa shape index (κ3) is 2.41. The van der Waals surface area contributed by atoms with Crippen molar-refractivity contribution in [2.75, 3.05) is 0 Å². The molecule has 1 atom stereocenters. The van der Waals surface area contributed by atoms with Crippen molar-refractivity contribution in [3.05, 3.63) is 24.4 Å². The van der Waals surface area contributed by atoms with Crippen LogP contribution in [0.5, 0.6) is 0 Å². The fraction of sp³-hybridized carbons (Fsp3) is 0.600. The van der Waals surface area contributed by atoms with Gasteiger partial charge < -0.3 is 5.32 Å². The molecule has 1 aliphatic carbocycles. The highest BCUT2D eigenvalue weighted by Crippen LogP contribution is 2.22. The molecule has 1 fully saturated rings. The number of rotatable bonds is 2. The summed E-state index contributed by atoms with van der Waals surface area (Å²) in [4.78, 5) is 0. The minimum atomic E-state index is 0.501. The molecule has 0 heterocycles. The Morgan fingerprint density at radius 2 is 2.27 bits per heavy atom. The Bertz CT molecular complexity index is 170. The van der Waals surface area contributed by atoms with E-state index >= 15 is 0 Å². The molecule has 0 bridgehead atoms. The predicted molar refractivity (Wildman–Crippen MR) is 49.3 cm³/mol. The van der Waals surface area contributed by atoms with Crippen LogP contribution in [-0.4, -0.2) is 6.04 Å². The molecule has 1 nitrogen and oxygen atoms in total. The van der Waals surface area contributed by atoms with E-state index in [0.717, 1.165) is 5.70 Å². The van der Waals surface area contributed by atoms with Gasteiger partial charge in [0.2, 0.25) is 0 Å². The maximum Gasteiger partial charge on any atom is 0.0467 e. The van der Waals surface area contributed by atoms with Crippen LogP contribution in [0.25, 0.3) is 0 Å². The minimum absolute atomic E-state index is 0.501. The first-order valence-electron chi connectivity index (χ1n) is 4.30. The molecule has 1 aliphatic rings. The number of hydrogen-bond donors (Lipinski definition) is 1. The Morgan fingerprint density at radius 3 is 2.82 bits per heavy atom. The quantitative estimate of drug-likeness (QED) is 0.598. The van der Waals surface area contributed by atoms with Gasteiger partial charge in [-0.25, -0.2) is 0 Å². The molecule has 0 aromatic rings. The summed E-state index contributed by atoms with van der Waals surface area (Å²) in [7, 11) is 0. The summed E-state index contributed by atoms with van der Waals surface area (Å²) in [5, 5.41) is 3.34. The van der Waals surface area contributed by atoms with Crippen molar-refractivity contribution in [3.63, 3.8) is 0 Å². The van der Waals surface area contributed by atoms with E-state index in [9.17, 15) is 0 Å². The van der Waals surface area contributed by atoms with Gasteiger partial charge in [-0.2, -0.15) is 0 Å². The summed E-state index contributed by atoms with van der Waals surface area (Å²) < 4.78 is 0. The summed E-state index contributed by atoms with van der Waals surface area (Å²) in [6, 6.07) is 0.501. The predicted octanol–water partition coefficient (Wildman–Crippen LogP) is 2.61. The summed E-state index contributed by atoms with van der Waals surface area (Å²) in [5.74, 6) is 0. The summed E-state index contributed by atoms with van der Waals surface area (Å²) in [5.41, 5.74) is 2.40. The van der Waals surface area contributed by atoms with Crippen LogP contribution in [0.4, 0.5) is 0 Å². The monoisotopic (exact) mass is 151 g/mol. The van der Waals surface area contributed by atoms with Gasteiger partial charge in [0.1, 0.15) is 0 Å². The summed E-state index contributed by atoms with van der Waals surface area (Å²) in [6.07, 6.45) is 5.05. The summed E-state index contributed by atoms with van der Waals surface area (Å²) >= 11 is 0. The number of allylic oxidation sites excluding steroid dienone is 1. The van der Waals surface area contributed by atoms with Crippen LogP contribution in [0.2, 0.25) is 0 Å². The molecular weight excluding hydrogens is 134 g/mol. The van der Waals surface area contributed by atoms with Crippen LogP contribution in [0, 0.1) is 0 Å². The lowest BCUT2D eigenvalue weighted by atomic mass is 9.91. The fourth-order valence-electron chi connectivity index (χ4n) is 1.55. The van der Waals surface area contributed by atoms with Gasteiger partial charge in [-0.05, 0) is 26.2 Å². The highest BCUT2D eigenvalue weighted by atomic mass is 14.9. The van der Waals surface area contributed by atoms with Crippen LogP contribution in [-0.2, 0) is 0 Å². The third-order valence-electron chi connectivity index (χ3n) is 2.15. The molecule has 1 heteroatoms. The zero-order valence-corrected chi connectivity index (χ0v) is 7.32. The highest BCUT2D eigenvalue weighted by molar-refractivity contribution is 5.11. The van der Waals surface area contributed by atoms with Gasteiger partial charge in [0.25, 0.3) is 0 Å². The van der Waals surface area contributed by atoms with E-state index in [2.05, 4.69) is 18.5 Å². The van der Waals surface area contributed by atoms with Crippen molar-refractivity contribution < 1.29 is 0 Å². The van der Waals surface area contributed by atoms with E-state index < -0.39 is 0 Å². The maximum absolute atomic E-state index is 4.05. The zero-order chi connectivity index (χ0) is 8.27. The van der Waals surface area contributed by atoms with Gasteiger partial charge in [0, 0.05) is 11.7 Å². The molecule has 62 valence electrons. The van der Waals surface area contributed by atoms with Gasteiger partial charge in [-0.15, -0.1) is 0 Å². The van der Waals surface area contributed by atoms with Crippen LogP contribution in [0.1, 0.15) is 32.6 Å². The zero-order valence-electron chi connectivity index (χ0n) is 7.32. The molecule has 1 N–H and O–H groups in total. The van der Waals surface area contributed by atoms with E-state index in [1.807, 2.05) is 6.92 Å². The SMILES string of the molecule is C=C(C)NC1CCCCC1=C. The molecule has 0 aromatic heterocycles. The van der Waals surface area contributed by atoms with Crippen molar-refractivity contribution in [2.24, 2.45) is 0 Å². The van der Waals surface area contributed by atoms with Crippen molar-refractivity contribution in [3.8, 4) is 0 Å². The molecular formula is C10H17N. The Balaban J connectivity index is 2.42. The molecule has 1 saturated carbocycles. The maximum atomic E-state index is 4.05. The molecule has 0 amide bonds. The van der Waals surface area contributed by atoms with E-state index in [0.29, 0.717) is 6.04 Å². The average Bonchev–Trinajstić information content (AvgIpc) is 1.93. The van der Waals surface area contributed by atoms with Gasteiger partial charge in [0.05, 0.1) is 0 Å². The van der Waals surface area contributed by atoms with Gasteiger partial charge in [-0.1, -0.05) is 25.2 Å². The lowest BCUT2D eigenvalue weighted by Gasteiger charge is -2.26. The first-order valence-corrected chi connectivity index (χ1v) is 4.30. The summed E-state index contributed by atoms with van der Waals surface area (Å²) in [6.45, 7) is 9.88. The largest absolute Gasteiger partial charge is 0.383 e. The topological polar surface area (TPSA) is 12.0 Å². The Labute approximate surface area is 69.2 Å². The lowest BCUT2D eigenvalue weighted by molar-refractivity contribution is 0.486. The van der Waals surface area contributed by atoms with E-state index in [1.165, 1.54) is 31.3 Å². The Hall–Kier alpha value is -0.720. The van der Waals surface area contributed by atoms with Gasteiger partial charge in [-0.3, -0.25) is 0 Å². The number of nitrogens with one attached hydrogen (secondary N) is 1. The molecule has 0 radical (unpaired) electrons. The second kappa shape index (κ2) is 3.61. The second-order valence-corrected chi connectivity index (χ2v) is 3.38. The van der Waals surface area contributed by atoms with E-state index in [-0.39, 0.29) is 0 Å². The first kappa shape index (κ1) is 8.38. The fourth-order valence-corrected chi connectivity index (χ4v) is 1.55. The van der Waals surface area contributed by atoms with Gasteiger partial charge >= 0.3 is 0 Å². The minimum Gasteiger partial charge on any atom is -0.383 e. The van der Waals surface area contributed by atoms with Gasteiger partial charge in [0.15, 0.2) is 0 Å². The smallest absolute Gasteiger partial charge is 0.0467 e. The molecule has 1 rings (SSSR count). The molecule has 11 heavy (non-hydrogen) atoms. The first-order chi connectivity index (χ1) is 5.20. The second-order valence-electron chi connectivity index (χ2n) is 3.38. The van der Waals surface area contributed by atoms with Crippen LogP contribution in [0.3, 0.4) is 0 Å². The van der Waals surface area contributed by atoms with Crippen molar-refractivity contribution >= 4 is 0 Å².